The molecule has 0 aliphatic carbocycles. The minimum atomic E-state index is -4.76. The molecule has 0 saturated heterocycles. The van der Waals surface area contributed by atoms with Gasteiger partial charge in [-0.3, -0.25) is 9.69 Å². The van der Waals surface area contributed by atoms with Gasteiger partial charge in [0.2, 0.25) is 11.7 Å². The maximum absolute atomic E-state index is 13.0. The molecule has 0 unspecified atom stereocenters. The first kappa shape index (κ1) is 25.9. The van der Waals surface area contributed by atoms with Gasteiger partial charge in [-0.2, -0.15) is 4.98 Å². The van der Waals surface area contributed by atoms with Crippen LogP contribution in [0, 0.1) is 0 Å². The smallest absolute Gasteiger partial charge is 0.406 e. The van der Waals surface area contributed by atoms with Gasteiger partial charge in [0.25, 0.3) is 5.91 Å². The van der Waals surface area contributed by atoms with Gasteiger partial charge in [-0.05, 0) is 49.0 Å². The molecule has 2 heterocycles. The highest BCUT2D eigenvalue weighted by molar-refractivity contribution is 6.34. The van der Waals surface area contributed by atoms with Crippen molar-refractivity contribution in [3.05, 3.63) is 64.0 Å². The van der Waals surface area contributed by atoms with Crippen molar-refractivity contribution in [1.29, 1.82) is 0 Å². The predicted octanol–water partition coefficient (Wildman–Crippen LogP) is 4.49. The van der Waals surface area contributed by atoms with Crippen LogP contribution in [0.3, 0.4) is 0 Å². The van der Waals surface area contributed by atoms with Gasteiger partial charge in [0.05, 0.1) is 17.1 Å². The van der Waals surface area contributed by atoms with Crippen molar-refractivity contribution in [2.45, 2.75) is 32.9 Å². The second-order valence-electron chi connectivity index (χ2n) is 8.45. The number of aromatic nitrogens is 2. The SMILES string of the molecule is CCNCCN(C)Cc1nc(-c2cc(Cl)c3c(c2)CN(Cc2ccc(OC(F)(F)F)cc2)C3=O)no1. The molecule has 1 aliphatic heterocycles. The topological polar surface area (TPSA) is 83.7 Å². The molecule has 0 spiro atoms. The van der Waals surface area contributed by atoms with Crippen molar-refractivity contribution < 1.29 is 27.2 Å². The Morgan fingerprint density at radius 3 is 2.69 bits per heavy atom. The van der Waals surface area contributed by atoms with Crippen LogP contribution in [0.25, 0.3) is 11.4 Å². The summed E-state index contributed by atoms with van der Waals surface area (Å²) in [6, 6.07) is 8.85. The molecule has 36 heavy (non-hydrogen) atoms. The molecule has 0 saturated carbocycles. The summed E-state index contributed by atoms with van der Waals surface area (Å²) in [6.45, 7) is 5.62. The quantitative estimate of drug-likeness (QED) is 0.392. The summed E-state index contributed by atoms with van der Waals surface area (Å²) in [4.78, 5) is 21.1. The lowest BCUT2D eigenvalue weighted by Crippen LogP contribution is -2.28. The van der Waals surface area contributed by atoms with E-state index in [1.165, 1.54) is 24.3 Å². The van der Waals surface area contributed by atoms with Crippen LogP contribution in [-0.4, -0.2) is 58.9 Å². The van der Waals surface area contributed by atoms with Crippen molar-refractivity contribution in [3.63, 3.8) is 0 Å². The molecule has 1 amide bonds. The van der Waals surface area contributed by atoms with Crippen LogP contribution in [0.15, 0.2) is 40.9 Å². The highest BCUT2D eigenvalue weighted by atomic mass is 35.5. The second-order valence-corrected chi connectivity index (χ2v) is 8.86. The van der Waals surface area contributed by atoms with Gasteiger partial charge in [-0.15, -0.1) is 13.2 Å². The van der Waals surface area contributed by atoms with E-state index in [2.05, 4.69) is 25.1 Å². The van der Waals surface area contributed by atoms with Gasteiger partial charge in [0.1, 0.15) is 5.75 Å². The van der Waals surface area contributed by atoms with Crippen LogP contribution in [0.1, 0.15) is 34.3 Å². The maximum Gasteiger partial charge on any atom is 0.573 e. The predicted molar refractivity (Wildman–Crippen MR) is 126 cm³/mol. The molecular formula is C24H25ClF3N5O3. The summed E-state index contributed by atoms with van der Waals surface area (Å²) >= 11 is 6.46. The Kier molecular flexibility index (Phi) is 7.82. The fourth-order valence-corrected chi connectivity index (χ4v) is 4.25. The average Bonchev–Trinajstić information content (AvgIpc) is 3.39. The Hall–Kier alpha value is -3.15. The summed E-state index contributed by atoms with van der Waals surface area (Å²) in [5.41, 5.74) is 2.40. The number of rotatable bonds is 10. The van der Waals surface area contributed by atoms with Gasteiger partial charge < -0.3 is 19.5 Å². The van der Waals surface area contributed by atoms with Crippen LogP contribution in [0.5, 0.6) is 5.75 Å². The third-order valence-corrected chi connectivity index (χ3v) is 5.91. The zero-order valence-electron chi connectivity index (χ0n) is 19.7. The van der Waals surface area contributed by atoms with Crippen LogP contribution in [0.4, 0.5) is 13.2 Å². The van der Waals surface area contributed by atoms with Gasteiger partial charge in [0, 0.05) is 31.7 Å². The molecule has 1 aromatic heterocycles. The minimum Gasteiger partial charge on any atom is -0.406 e. The molecule has 192 valence electrons. The van der Waals surface area contributed by atoms with Crippen LogP contribution >= 0.6 is 11.6 Å². The average molecular weight is 524 g/mol. The number of benzene rings is 2. The number of carbonyl (C=O) groups is 1. The number of hydrogen-bond donors (Lipinski definition) is 1. The van der Waals surface area contributed by atoms with E-state index in [1.807, 2.05) is 20.0 Å². The summed E-state index contributed by atoms with van der Waals surface area (Å²) in [6.07, 6.45) is -4.76. The van der Waals surface area contributed by atoms with Gasteiger partial charge in [-0.25, -0.2) is 0 Å². The van der Waals surface area contributed by atoms with Crippen LogP contribution < -0.4 is 10.1 Å². The lowest BCUT2D eigenvalue weighted by atomic mass is 10.1. The number of likely N-dealkylation sites (N-methyl/N-ethyl adjacent to an activating group) is 2. The fraction of sp³-hybridized carbons (Fsp3) is 0.375. The monoisotopic (exact) mass is 523 g/mol. The summed E-state index contributed by atoms with van der Waals surface area (Å²) in [7, 11) is 1.96. The normalized spacial score (nSPS) is 13.5. The van der Waals surface area contributed by atoms with Crippen LogP contribution in [-0.2, 0) is 19.6 Å². The lowest BCUT2D eigenvalue weighted by molar-refractivity contribution is -0.274. The van der Waals surface area contributed by atoms with Crippen LogP contribution in [0.2, 0.25) is 5.02 Å². The third kappa shape index (κ3) is 6.34. The minimum absolute atomic E-state index is 0.205. The number of fused-ring (bicyclic) bond motifs is 1. The van der Waals surface area contributed by atoms with Gasteiger partial charge >= 0.3 is 6.36 Å². The Balaban J connectivity index is 1.43. The number of nitrogens with zero attached hydrogens (tertiary/aromatic N) is 4. The standard InChI is InChI=1S/C24H25ClF3N5O3/c1-3-29-8-9-32(2)14-20-30-22(31-36-20)16-10-17-13-33(23(34)21(17)19(25)11-16)12-15-4-6-18(7-5-15)35-24(26,27)28/h4-7,10-11,29H,3,8-9,12-14H2,1-2H3. The van der Waals surface area contributed by atoms with Gasteiger partial charge in [0.15, 0.2) is 0 Å². The number of alkyl halides is 3. The Bertz CT molecular complexity index is 1220. The van der Waals surface area contributed by atoms with E-state index >= 15 is 0 Å². The maximum atomic E-state index is 13.0. The Morgan fingerprint density at radius 2 is 2.00 bits per heavy atom. The first-order valence-corrected chi connectivity index (χ1v) is 11.7. The molecule has 0 fully saturated rings. The molecule has 12 heteroatoms. The lowest BCUT2D eigenvalue weighted by Gasteiger charge is -2.16. The molecular weight excluding hydrogens is 499 g/mol. The molecule has 1 aliphatic rings. The molecule has 0 atom stereocenters. The van der Waals surface area contributed by atoms with E-state index in [0.29, 0.717) is 47.1 Å². The molecule has 0 bridgehead atoms. The fourth-order valence-electron chi connectivity index (χ4n) is 3.93. The number of amides is 1. The van der Waals surface area contributed by atoms with Crippen molar-refractivity contribution in [3.8, 4) is 17.1 Å². The van der Waals surface area contributed by atoms with Crippen molar-refractivity contribution >= 4 is 17.5 Å². The van der Waals surface area contributed by atoms with E-state index in [0.717, 1.165) is 19.6 Å². The molecule has 1 N–H and O–H groups in total. The number of nitrogens with one attached hydrogen (secondary N) is 1. The number of carbonyl (C=O) groups excluding carboxylic acids is 1. The summed E-state index contributed by atoms with van der Waals surface area (Å²) < 4.78 is 46.4. The number of hydrogen-bond acceptors (Lipinski definition) is 7. The molecule has 0 radical (unpaired) electrons. The van der Waals surface area contributed by atoms with E-state index in [4.69, 9.17) is 16.1 Å². The molecule has 3 aromatic rings. The van der Waals surface area contributed by atoms with Crippen molar-refractivity contribution in [2.24, 2.45) is 0 Å². The Labute approximate surface area is 211 Å². The molecule has 2 aromatic carbocycles. The van der Waals surface area contributed by atoms with E-state index < -0.39 is 6.36 Å². The zero-order valence-corrected chi connectivity index (χ0v) is 20.5. The second kappa shape index (κ2) is 10.9. The largest absolute Gasteiger partial charge is 0.573 e. The highest BCUT2D eigenvalue weighted by Gasteiger charge is 2.32. The number of ether oxygens (including phenoxy) is 1. The highest BCUT2D eigenvalue weighted by Crippen LogP contribution is 2.34. The first-order valence-electron chi connectivity index (χ1n) is 11.3. The zero-order chi connectivity index (χ0) is 25.9. The molecule has 8 nitrogen and oxygen atoms in total. The van der Waals surface area contributed by atoms with Gasteiger partial charge in [-0.1, -0.05) is 35.8 Å². The Morgan fingerprint density at radius 1 is 1.25 bits per heavy atom. The third-order valence-electron chi connectivity index (χ3n) is 5.62. The summed E-state index contributed by atoms with van der Waals surface area (Å²) in [5.74, 6) is 0.267. The van der Waals surface area contributed by atoms with E-state index in [-0.39, 0.29) is 23.2 Å². The summed E-state index contributed by atoms with van der Waals surface area (Å²) in [5, 5.41) is 7.60. The number of halogens is 4. The first-order chi connectivity index (χ1) is 17.1. The molecule has 4 rings (SSSR count). The van der Waals surface area contributed by atoms with Crippen molar-refractivity contribution in [1.82, 2.24) is 25.3 Å². The van der Waals surface area contributed by atoms with E-state index in [1.54, 1.807) is 11.0 Å². The van der Waals surface area contributed by atoms with Crippen molar-refractivity contribution in [2.75, 3.05) is 26.7 Å². The van der Waals surface area contributed by atoms with E-state index in [9.17, 15) is 18.0 Å².